The van der Waals surface area contributed by atoms with Crippen molar-refractivity contribution in [1.82, 2.24) is 4.57 Å². The number of nitrogens with zero attached hydrogens (tertiary/aromatic N) is 2. The highest BCUT2D eigenvalue weighted by Gasteiger charge is 2.21. The third-order valence-electron chi connectivity index (χ3n) is 6.24. The highest BCUT2D eigenvalue weighted by atomic mass is 16.3. The largest absolute Gasteiger partial charge is 0.507 e. The molecule has 0 bridgehead atoms. The van der Waals surface area contributed by atoms with Gasteiger partial charge in [-0.05, 0) is 39.2 Å². The van der Waals surface area contributed by atoms with E-state index in [1.807, 2.05) is 24.3 Å². The zero-order valence-corrected chi connectivity index (χ0v) is 18.1. The van der Waals surface area contributed by atoms with Gasteiger partial charge in [0, 0.05) is 11.1 Å². The number of hydrogen-bond donors (Lipinski definition) is 1. The van der Waals surface area contributed by atoms with Crippen LogP contribution in [0, 0.1) is 0 Å². The van der Waals surface area contributed by atoms with Gasteiger partial charge >= 0.3 is 0 Å². The van der Waals surface area contributed by atoms with Gasteiger partial charge in [0.2, 0.25) is 6.33 Å². The minimum atomic E-state index is 0.288. The summed E-state index contributed by atoms with van der Waals surface area (Å²) in [6.45, 7) is 0.802. The summed E-state index contributed by atoms with van der Waals surface area (Å²) in [4.78, 5) is 0. The van der Waals surface area contributed by atoms with E-state index in [0.29, 0.717) is 0 Å². The molecule has 6 rings (SSSR count). The Morgan fingerprint density at radius 3 is 2.03 bits per heavy atom. The topological polar surface area (TPSA) is 29.0 Å². The van der Waals surface area contributed by atoms with Crippen molar-refractivity contribution in [2.24, 2.45) is 0 Å². The van der Waals surface area contributed by atoms with Crippen molar-refractivity contribution in [1.29, 1.82) is 0 Å². The lowest BCUT2D eigenvalue weighted by atomic mass is 9.91. The molecule has 0 aliphatic rings. The van der Waals surface area contributed by atoms with Crippen LogP contribution in [0.25, 0.3) is 38.4 Å². The molecule has 3 heteroatoms. The standard InChI is InChI=1S/C30H22N2O/c33-28-17-15-24-11-5-7-13-26(24)30(28)29-25-12-6-4-10-23(25)14-16-27(29)32-19-18-31(21-32)20-22-8-2-1-3-9-22/h1-19,21H,20H2/p+1. The van der Waals surface area contributed by atoms with Crippen LogP contribution < -0.4 is 4.57 Å². The molecule has 0 aliphatic carbocycles. The Morgan fingerprint density at radius 2 is 1.27 bits per heavy atom. The van der Waals surface area contributed by atoms with Gasteiger partial charge in [0.05, 0.1) is 0 Å². The van der Waals surface area contributed by atoms with Gasteiger partial charge in [0.15, 0.2) is 0 Å². The van der Waals surface area contributed by atoms with E-state index in [1.54, 1.807) is 6.07 Å². The third-order valence-corrected chi connectivity index (χ3v) is 6.24. The van der Waals surface area contributed by atoms with Gasteiger partial charge in [-0.3, -0.25) is 0 Å². The first-order valence-corrected chi connectivity index (χ1v) is 11.1. The van der Waals surface area contributed by atoms with Gasteiger partial charge in [-0.15, -0.1) is 0 Å². The highest BCUT2D eigenvalue weighted by molar-refractivity contribution is 6.10. The number of benzene rings is 5. The van der Waals surface area contributed by atoms with Gasteiger partial charge in [0.25, 0.3) is 0 Å². The summed E-state index contributed by atoms with van der Waals surface area (Å²) < 4.78 is 4.32. The van der Waals surface area contributed by atoms with Crippen molar-refractivity contribution >= 4 is 21.5 Å². The molecule has 33 heavy (non-hydrogen) atoms. The monoisotopic (exact) mass is 427 g/mol. The number of aromatic hydroxyl groups is 1. The normalized spacial score (nSPS) is 11.3. The number of rotatable bonds is 4. The second-order valence-corrected chi connectivity index (χ2v) is 8.34. The Balaban J connectivity index is 1.59. The molecule has 0 spiro atoms. The molecule has 5 aromatic carbocycles. The molecule has 0 saturated carbocycles. The summed E-state index contributed by atoms with van der Waals surface area (Å²) in [6.07, 6.45) is 6.29. The molecule has 158 valence electrons. The Kier molecular flexibility index (Phi) is 4.66. The zero-order chi connectivity index (χ0) is 22.2. The predicted molar refractivity (Wildman–Crippen MR) is 134 cm³/mol. The molecule has 1 heterocycles. The fourth-order valence-electron chi connectivity index (χ4n) is 4.69. The number of fused-ring (bicyclic) bond motifs is 2. The van der Waals surface area contributed by atoms with Crippen molar-refractivity contribution in [2.45, 2.75) is 6.54 Å². The molecule has 1 N–H and O–H groups in total. The molecular weight excluding hydrogens is 404 g/mol. The summed E-state index contributed by atoms with van der Waals surface area (Å²) in [7, 11) is 0. The molecule has 1 aromatic heterocycles. The van der Waals surface area contributed by atoms with Crippen LogP contribution >= 0.6 is 0 Å². The fraction of sp³-hybridized carbons (Fsp3) is 0.0333. The Bertz CT molecular complexity index is 1600. The van der Waals surface area contributed by atoms with Gasteiger partial charge in [-0.1, -0.05) is 91.0 Å². The van der Waals surface area contributed by atoms with Crippen LogP contribution in [0.2, 0.25) is 0 Å². The summed E-state index contributed by atoms with van der Waals surface area (Å²) in [5.41, 5.74) is 4.19. The smallest absolute Gasteiger partial charge is 0.249 e. The maximum Gasteiger partial charge on any atom is 0.249 e. The van der Waals surface area contributed by atoms with E-state index in [4.69, 9.17) is 0 Å². The minimum Gasteiger partial charge on any atom is -0.507 e. The lowest BCUT2D eigenvalue weighted by Crippen LogP contribution is -2.31. The van der Waals surface area contributed by atoms with Crippen LogP contribution in [0.5, 0.6) is 5.75 Å². The second kappa shape index (κ2) is 7.95. The quantitative estimate of drug-likeness (QED) is 0.320. The van der Waals surface area contributed by atoms with E-state index < -0.39 is 0 Å². The van der Waals surface area contributed by atoms with E-state index >= 15 is 0 Å². The molecule has 0 atom stereocenters. The second-order valence-electron chi connectivity index (χ2n) is 8.34. The van der Waals surface area contributed by atoms with E-state index in [1.165, 1.54) is 5.56 Å². The first-order valence-electron chi connectivity index (χ1n) is 11.1. The van der Waals surface area contributed by atoms with E-state index in [9.17, 15) is 5.11 Å². The zero-order valence-electron chi connectivity index (χ0n) is 18.1. The van der Waals surface area contributed by atoms with E-state index in [-0.39, 0.29) is 5.75 Å². The average Bonchev–Trinajstić information content (AvgIpc) is 3.32. The summed E-state index contributed by atoms with van der Waals surface area (Å²) in [5, 5.41) is 15.5. The molecule has 0 radical (unpaired) electrons. The van der Waals surface area contributed by atoms with Crippen LogP contribution in [0.4, 0.5) is 0 Å². The Morgan fingerprint density at radius 1 is 0.636 bits per heavy atom. The van der Waals surface area contributed by atoms with Gasteiger partial charge in [0.1, 0.15) is 30.4 Å². The van der Waals surface area contributed by atoms with Crippen LogP contribution in [0.3, 0.4) is 0 Å². The van der Waals surface area contributed by atoms with E-state index in [2.05, 4.69) is 101 Å². The van der Waals surface area contributed by atoms with E-state index in [0.717, 1.165) is 44.9 Å². The Hall–Kier alpha value is -4.37. The molecular formula is C30H23N2O+. The lowest BCUT2D eigenvalue weighted by molar-refractivity contribution is -0.687. The van der Waals surface area contributed by atoms with Crippen molar-refractivity contribution in [3.8, 4) is 22.6 Å². The SMILES string of the molecule is Oc1ccc2ccccc2c1-c1c(-n2cc[n+](Cc3ccccc3)c2)ccc2ccccc12. The number of hydrogen-bond acceptors (Lipinski definition) is 1. The van der Waals surface area contributed by atoms with Gasteiger partial charge in [-0.25, -0.2) is 9.13 Å². The fourth-order valence-corrected chi connectivity index (χ4v) is 4.69. The summed E-state index contributed by atoms with van der Waals surface area (Å²) in [5.74, 6) is 0.288. The van der Waals surface area contributed by atoms with Crippen LogP contribution in [0.15, 0.2) is 122 Å². The van der Waals surface area contributed by atoms with Crippen molar-refractivity contribution < 1.29 is 9.67 Å². The number of phenolic OH excluding ortho intramolecular Hbond substituents is 1. The average molecular weight is 428 g/mol. The molecule has 0 unspecified atom stereocenters. The molecule has 0 fully saturated rings. The Labute approximate surface area is 192 Å². The van der Waals surface area contributed by atoms with Crippen LogP contribution in [-0.4, -0.2) is 9.67 Å². The maximum absolute atomic E-state index is 11.1. The third kappa shape index (κ3) is 3.44. The highest BCUT2D eigenvalue weighted by Crippen LogP contribution is 2.43. The lowest BCUT2D eigenvalue weighted by Gasteiger charge is -2.15. The number of imidazole rings is 1. The van der Waals surface area contributed by atoms with Crippen molar-refractivity contribution in [2.75, 3.05) is 0 Å². The van der Waals surface area contributed by atoms with Crippen molar-refractivity contribution in [3.05, 3.63) is 127 Å². The summed E-state index contributed by atoms with van der Waals surface area (Å²) >= 11 is 0. The molecule has 0 aliphatic heterocycles. The molecule has 3 nitrogen and oxygen atoms in total. The molecule has 0 saturated heterocycles. The van der Waals surface area contributed by atoms with Crippen LogP contribution in [-0.2, 0) is 6.54 Å². The van der Waals surface area contributed by atoms with Crippen molar-refractivity contribution in [3.63, 3.8) is 0 Å². The van der Waals surface area contributed by atoms with Gasteiger partial charge in [-0.2, -0.15) is 0 Å². The minimum absolute atomic E-state index is 0.288. The molecule has 0 amide bonds. The maximum atomic E-state index is 11.1. The predicted octanol–water partition coefficient (Wildman–Crippen LogP) is 6.49. The first-order chi connectivity index (χ1) is 16.3. The van der Waals surface area contributed by atoms with Crippen LogP contribution in [0.1, 0.15) is 5.56 Å². The first kappa shape index (κ1) is 19.3. The summed E-state index contributed by atoms with van der Waals surface area (Å²) in [6, 6.07) is 35.1. The van der Waals surface area contributed by atoms with Gasteiger partial charge < -0.3 is 5.11 Å². The number of phenols is 1. The number of aromatic nitrogens is 2. The molecule has 6 aromatic rings.